The maximum Gasteiger partial charge on any atom is 0.370 e. The van der Waals surface area contributed by atoms with Crippen LogP contribution < -0.4 is 15.1 Å². The molecule has 0 aliphatic heterocycles. The number of thiol groups is 1. The second-order valence-corrected chi connectivity index (χ2v) is 2.31. The third-order valence-corrected chi connectivity index (χ3v) is 1.22. The molecule has 0 saturated carbocycles. The van der Waals surface area contributed by atoms with Crippen LogP contribution in [0.1, 0.15) is 0 Å². The molecular weight excluding hydrogens is 198 g/mol. The summed E-state index contributed by atoms with van der Waals surface area (Å²) in [5, 5.41) is 0. The molecule has 6 nitrogen and oxygen atoms in total. The van der Waals surface area contributed by atoms with Crippen LogP contribution in [0.25, 0.3) is 0 Å². The van der Waals surface area contributed by atoms with Crippen molar-refractivity contribution >= 4 is 18.6 Å². The Kier molecular flexibility index (Phi) is 5.56. The van der Waals surface area contributed by atoms with Crippen molar-refractivity contribution in [2.45, 2.75) is 6.04 Å². The summed E-state index contributed by atoms with van der Waals surface area (Å²) in [6, 6.07) is -0.990. The molecule has 0 bridgehead atoms. The van der Waals surface area contributed by atoms with E-state index in [1.54, 1.807) is 0 Å². The first-order chi connectivity index (χ1) is 5.07. The average molecular weight is 204 g/mol. The molecule has 0 aromatic rings. The molecule has 2 N–H and O–H groups in total. The molecule has 0 aromatic carbocycles. The molecule has 0 unspecified atom stereocenters. The SMILES string of the molecule is N[C@@H](CS)C(=O)OO[Cl+2]([O-])[O-]. The van der Waals surface area contributed by atoms with Gasteiger partial charge in [-0.15, -0.1) is 0 Å². The molecule has 0 fully saturated rings. The van der Waals surface area contributed by atoms with E-state index in [0.29, 0.717) is 0 Å². The first kappa shape index (κ1) is 11.0. The predicted octanol–water partition coefficient (Wildman–Crippen LogP) is -3.20. The molecule has 0 aliphatic rings. The number of carbonyl (C=O) groups excluding carboxylic acids is 1. The van der Waals surface area contributed by atoms with Crippen molar-refractivity contribution in [1.82, 2.24) is 0 Å². The zero-order valence-electron chi connectivity index (χ0n) is 5.23. The number of halogens is 1. The van der Waals surface area contributed by atoms with Gasteiger partial charge < -0.3 is 15.1 Å². The zero-order chi connectivity index (χ0) is 8.85. The topological polar surface area (TPSA) is 108 Å². The molecule has 8 heteroatoms. The molecule has 0 amide bonds. The van der Waals surface area contributed by atoms with Gasteiger partial charge in [-0.25, -0.2) is 9.68 Å². The zero-order valence-corrected chi connectivity index (χ0v) is 6.88. The van der Waals surface area contributed by atoms with Crippen LogP contribution in [0.15, 0.2) is 0 Å². The Bertz CT molecular complexity index is 133. The van der Waals surface area contributed by atoms with E-state index < -0.39 is 22.8 Å². The van der Waals surface area contributed by atoms with E-state index in [9.17, 15) is 14.1 Å². The van der Waals surface area contributed by atoms with Gasteiger partial charge in [-0.2, -0.15) is 12.6 Å². The van der Waals surface area contributed by atoms with Gasteiger partial charge in [0.25, 0.3) is 4.44 Å². The molecule has 0 saturated heterocycles. The second-order valence-electron chi connectivity index (χ2n) is 1.44. The molecular formula is C3H6ClNO5S. The van der Waals surface area contributed by atoms with E-state index in [2.05, 4.69) is 22.0 Å². The molecule has 0 heterocycles. The van der Waals surface area contributed by atoms with Crippen molar-refractivity contribution in [3.05, 3.63) is 0 Å². The summed E-state index contributed by atoms with van der Waals surface area (Å²) in [5.41, 5.74) is 5.07. The highest BCUT2D eigenvalue weighted by Gasteiger charge is 2.20. The molecule has 0 aliphatic carbocycles. The van der Waals surface area contributed by atoms with E-state index in [-0.39, 0.29) is 5.75 Å². The number of rotatable bonds is 4. The van der Waals surface area contributed by atoms with Crippen LogP contribution in [-0.2, 0) is 14.1 Å². The standard InChI is InChI=1S/C3H6ClNO5S/c5-2(1-11)3(6)9-10-4(7)8/h2,11H,1,5H2/t2-/m0/s1. The minimum absolute atomic E-state index is 0.0452. The summed E-state index contributed by atoms with van der Waals surface area (Å²) in [6.07, 6.45) is 0. The molecule has 0 radical (unpaired) electrons. The Morgan fingerprint density at radius 1 is 1.73 bits per heavy atom. The highest BCUT2D eigenvalue weighted by atomic mass is 35.6. The monoisotopic (exact) mass is 203 g/mol. The fourth-order valence-corrected chi connectivity index (χ4v) is 0.456. The first-order valence-corrected chi connectivity index (χ1v) is 3.94. The lowest BCUT2D eigenvalue weighted by Gasteiger charge is -2.01. The highest BCUT2D eigenvalue weighted by molar-refractivity contribution is 7.80. The van der Waals surface area contributed by atoms with Crippen molar-refractivity contribution in [3.63, 3.8) is 0 Å². The highest BCUT2D eigenvalue weighted by Crippen LogP contribution is 1.90. The van der Waals surface area contributed by atoms with E-state index in [1.807, 2.05) is 0 Å². The lowest BCUT2D eigenvalue weighted by Crippen LogP contribution is -2.39. The third kappa shape index (κ3) is 5.24. The number of nitrogens with two attached hydrogens (primary N) is 1. The van der Waals surface area contributed by atoms with Gasteiger partial charge in [-0.3, -0.25) is 0 Å². The van der Waals surface area contributed by atoms with Crippen molar-refractivity contribution in [2.24, 2.45) is 5.73 Å². The number of hydrogen-bond acceptors (Lipinski definition) is 7. The van der Waals surface area contributed by atoms with Gasteiger partial charge in [0.1, 0.15) is 6.04 Å². The predicted molar refractivity (Wildman–Crippen MR) is 29.0 cm³/mol. The molecule has 0 rings (SSSR count). The quantitative estimate of drug-likeness (QED) is 0.283. The van der Waals surface area contributed by atoms with Crippen LogP contribution in [0.5, 0.6) is 0 Å². The Balaban J connectivity index is 3.52. The molecule has 0 aromatic heterocycles. The number of carbonyl (C=O) groups is 1. The van der Waals surface area contributed by atoms with E-state index >= 15 is 0 Å². The Morgan fingerprint density at radius 3 is 2.64 bits per heavy atom. The van der Waals surface area contributed by atoms with Crippen LogP contribution >= 0.6 is 12.6 Å². The van der Waals surface area contributed by atoms with Crippen LogP contribution in [-0.4, -0.2) is 17.8 Å². The largest absolute Gasteiger partial charge is 0.370 e. The summed E-state index contributed by atoms with van der Waals surface area (Å²) >= 11 is 3.66. The lowest BCUT2D eigenvalue weighted by atomic mass is 10.4. The van der Waals surface area contributed by atoms with Crippen molar-refractivity contribution in [1.29, 1.82) is 0 Å². The van der Waals surface area contributed by atoms with Crippen LogP contribution in [0.3, 0.4) is 0 Å². The van der Waals surface area contributed by atoms with E-state index in [4.69, 9.17) is 5.73 Å². The van der Waals surface area contributed by atoms with E-state index in [0.717, 1.165) is 0 Å². The third-order valence-electron chi connectivity index (χ3n) is 0.665. The van der Waals surface area contributed by atoms with Gasteiger partial charge in [0.05, 0.1) is 0 Å². The fourth-order valence-electron chi connectivity index (χ4n) is 0.193. The van der Waals surface area contributed by atoms with Gasteiger partial charge in [0, 0.05) is 5.75 Å². The smallest absolute Gasteiger partial charge is 0.318 e. The van der Waals surface area contributed by atoms with Gasteiger partial charge in [0.2, 0.25) is 0 Å². The summed E-state index contributed by atoms with van der Waals surface area (Å²) in [4.78, 5) is 14.2. The van der Waals surface area contributed by atoms with Gasteiger partial charge in [-0.05, 0) is 0 Å². The Hall–Kier alpha value is -0.0500. The van der Waals surface area contributed by atoms with Gasteiger partial charge in [-0.1, -0.05) is 0 Å². The summed E-state index contributed by atoms with van der Waals surface area (Å²) in [6.45, 7) is 0. The van der Waals surface area contributed by atoms with Crippen molar-refractivity contribution in [2.75, 3.05) is 5.75 Å². The first-order valence-electron chi connectivity index (χ1n) is 2.38. The summed E-state index contributed by atoms with van der Waals surface area (Å²) < 4.78 is 22.7. The van der Waals surface area contributed by atoms with Crippen molar-refractivity contribution < 1.29 is 34.2 Å². The summed E-state index contributed by atoms with van der Waals surface area (Å²) in [7, 11) is -2.57. The van der Waals surface area contributed by atoms with Crippen LogP contribution in [0.2, 0.25) is 0 Å². The second kappa shape index (κ2) is 5.58. The van der Waals surface area contributed by atoms with Gasteiger partial charge >= 0.3 is 16.8 Å². The number of hydrogen-bond donors (Lipinski definition) is 2. The Labute approximate surface area is 71.0 Å². The molecule has 11 heavy (non-hydrogen) atoms. The summed E-state index contributed by atoms with van der Waals surface area (Å²) in [5.74, 6) is -0.946. The van der Waals surface area contributed by atoms with Crippen LogP contribution in [0.4, 0.5) is 0 Å². The van der Waals surface area contributed by atoms with Gasteiger partial charge in [0.15, 0.2) is 0 Å². The minimum Gasteiger partial charge on any atom is -0.318 e. The maximum atomic E-state index is 10.5. The molecule has 66 valence electrons. The van der Waals surface area contributed by atoms with Crippen LogP contribution in [0, 0.1) is 10.8 Å². The van der Waals surface area contributed by atoms with Crippen molar-refractivity contribution in [3.8, 4) is 0 Å². The van der Waals surface area contributed by atoms with E-state index in [1.165, 1.54) is 0 Å². The molecule has 0 spiro atoms. The minimum atomic E-state index is -2.57. The maximum absolute atomic E-state index is 10.5. The lowest BCUT2D eigenvalue weighted by molar-refractivity contribution is -1.64. The average Bonchev–Trinajstić information content (AvgIpc) is 1.98. The fraction of sp³-hybridized carbons (Fsp3) is 0.667. The molecule has 1 atom stereocenters. The normalized spacial score (nSPS) is 13.2. The Morgan fingerprint density at radius 2 is 2.27 bits per heavy atom.